The van der Waals surface area contributed by atoms with Crippen LogP contribution in [0.4, 0.5) is 30.7 Å². The lowest BCUT2D eigenvalue weighted by molar-refractivity contribution is -0.139. The maximum Gasteiger partial charge on any atom is 0.417 e. The van der Waals surface area contributed by atoms with Gasteiger partial charge in [-0.2, -0.15) is 26.3 Å². The molecule has 2 aromatic rings. The van der Waals surface area contributed by atoms with Gasteiger partial charge in [-0.3, -0.25) is 0 Å². The molecule has 2 nitrogen and oxygen atoms in total. The van der Waals surface area contributed by atoms with Crippen molar-refractivity contribution in [1.82, 2.24) is 0 Å². The molecular formula is C18H17Br2F7O2. The van der Waals surface area contributed by atoms with Gasteiger partial charge in [0.2, 0.25) is 0 Å². The van der Waals surface area contributed by atoms with E-state index in [0.29, 0.717) is 12.7 Å². The Morgan fingerprint density at radius 2 is 1.24 bits per heavy atom. The van der Waals surface area contributed by atoms with Crippen LogP contribution >= 0.6 is 31.9 Å². The first kappa shape index (κ1) is 27.7. The molecule has 0 unspecified atom stereocenters. The Morgan fingerprint density at radius 1 is 0.828 bits per heavy atom. The zero-order valence-electron chi connectivity index (χ0n) is 15.1. The minimum Gasteiger partial charge on any atom is -0.494 e. The molecule has 0 spiro atoms. The molecule has 0 aliphatic heterocycles. The minimum atomic E-state index is -4.51. The zero-order chi connectivity index (χ0) is 22.8. The second-order valence-electron chi connectivity index (χ2n) is 5.01. The fourth-order valence-corrected chi connectivity index (χ4v) is 2.64. The molecule has 29 heavy (non-hydrogen) atoms. The smallest absolute Gasteiger partial charge is 0.417 e. The van der Waals surface area contributed by atoms with Gasteiger partial charge in [-0.1, -0.05) is 31.9 Å². The second kappa shape index (κ2) is 12.4. The number of benzene rings is 2. The second-order valence-corrected chi connectivity index (χ2v) is 6.72. The molecule has 0 heterocycles. The van der Waals surface area contributed by atoms with Gasteiger partial charge in [0.05, 0.1) is 17.7 Å². The van der Waals surface area contributed by atoms with E-state index in [4.69, 9.17) is 9.84 Å². The van der Waals surface area contributed by atoms with E-state index in [9.17, 15) is 30.7 Å². The summed E-state index contributed by atoms with van der Waals surface area (Å²) in [4.78, 5) is 0. The van der Waals surface area contributed by atoms with Crippen molar-refractivity contribution in [2.75, 3.05) is 13.2 Å². The van der Waals surface area contributed by atoms with E-state index >= 15 is 0 Å². The zero-order valence-corrected chi connectivity index (χ0v) is 18.3. The van der Waals surface area contributed by atoms with Crippen molar-refractivity contribution >= 4 is 31.9 Å². The summed E-state index contributed by atoms with van der Waals surface area (Å²) in [7, 11) is 0. The summed E-state index contributed by atoms with van der Waals surface area (Å²) in [6.45, 7) is 3.99. The first-order valence-electron chi connectivity index (χ1n) is 7.90. The number of ether oxygens (including phenoxy) is 1. The molecule has 1 N–H and O–H groups in total. The van der Waals surface area contributed by atoms with Gasteiger partial charge in [0.1, 0.15) is 11.6 Å². The molecule has 0 amide bonds. The Morgan fingerprint density at radius 3 is 1.62 bits per heavy atom. The molecule has 0 aliphatic rings. The maximum absolute atomic E-state index is 12.4. The van der Waals surface area contributed by atoms with Crippen molar-refractivity contribution in [3.63, 3.8) is 0 Å². The lowest BCUT2D eigenvalue weighted by atomic mass is 10.2. The summed E-state index contributed by atoms with van der Waals surface area (Å²) in [6.07, 6.45) is -8.87. The highest BCUT2D eigenvalue weighted by Gasteiger charge is 2.34. The van der Waals surface area contributed by atoms with Crippen molar-refractivity contribution in [1.29, 1.82) is 0 Å². The van der Waals surface area contributed by atoms with Gasteiger partial charge in [0, 0.05) is 15.6 Å². The van der Waals surface area contributed by atoms with Crippen molar-refractivity contribution in [3.05, 3.63) is 62.3 Å². The summed E-state index contributed by atoms with van der Waals surface area (Å²) < 4.78 is 90.4. The summed E-state index contributed by atoms with van der Waals surface area (Å²) in [6, 6.07) is 6.23. The fraction of sp³-hybridized carbons (Fsp3) is 0.333. The molecule has 0 aromatic heterocycles. The third-order valence-corrected chi connectivity index (χ3v) is 4.17. The van der Waals surface area contributed by atoms with E-state index in [1.807, 2.05) is 0 Å². The van der Waals surface area contributed by atoms with Crippen LogP contribution in [-0.2, 0) is 12.4 Å². The summed E-state index contributed by atoms with van der Waals surface area (Å²) in [5.74, 6) is -0.673. The van der Waals surface area contributed by atoms with Crippen LogP contribution in [0.15, 0.2) is 45.3 Å². The molecule has 0 aliphatic carbocycles. The van der Waals surface area contributed by atoms with Crippen LogP contribution in [0, 0.1) is 5.82 Å². The van der Waals surface area contributed by atoms with Crippen LogP contribution < -0.4 is 4.74 Å². The SMILES string of the molecule is CCO.CCOc1ccc(Br)c(C(F)(F)F)c1.Fc1ccc(Br)c(C(F)(F)F)c1. The number of aliphatic hydroxyl groups is 1. The van der Waals surface area contributed by atoms with Crippen LogP contribution in [0.5, 0.6) is 5.75 Å². The predicted molar refractivity (Wildman–Crippen MR) is 102 cm³/mol. The number of alkyl halides is 6. The van der Waals surface area contributed by atoms with Crippen LogP contribution in [0.3, 0.4) is 0 Å². The maximum atomic E-state index is 12.4. The van der Waals surface area contributed by atoms with Crippen molar-refractivity contribution in [2.24, 2.45) is 0 Å². The largest absolute Gasteiger partial charge is 0.494 e. The van der Waals surface area contributed by atoms with Crippen LogP contribution in [0.25, 0.3) is 0 Å². The highest BCUT2D eigenvalue weighted by molar-refractivity contribution is 9.10. The van der Waals surface area contributed by atoms with E-state index in [-0.39, 0.29) is 21.3 Å². The van der Waals surface area contributed by atoms with Gasteiger partial charge in [-0.15, -0.1) is 0 Å². The first-order valence-corrected chi connectivity index (χ1v) is 9.49. The molecule has 0 saturated heterocycles. The van der Waals surface area contributed by atoms with Gasteiger partial charge in [0.15, 0.2) is 0 Å². The Balaban J connectivity index is 0.000000481. The van der Waals surface area contributed by atoms with Crippen LogP contribution in [0.2, 0.25) is 0 Å². The summed E-state index contributed by atoms with van der Waals surface area (Å²) in [5, 5.41) is 7.57. The topological polar surface area (TPSA) is 29.5 Å². The number of rotatable bonds is 2. The van der Waals surface area contributed by atoms with Crippen molar-refractivity contribution in [3.8, 4) is 5.75 Å². The van der Waals surface area contributed by atoms with Crippen LogP contribution in [-0.4, -0.2) is 18.3 Å². The Labute approximate surface area is 179 Å². The summed E-state index contributed by atoms with van der Waals surface area (Å²) in [5.41, 5.74) is -1.72. The summed E-state index contributed by atoms with van der Waals surface area (Å²) >= 11 is 5.52. The van der Waals surface area contributed by atoms with E-state index in [0.717, 1.165) is 18.2 Å². The third kappa shape index (κ3) is 10.3. The molecule has 2 aromatic carbocycles. The number of hydrogen-bond donors (Lipinski definition) is 1. The molecule has 2 rings (SSSR count). The van der Waals surface area contributed by atoms with Gasteiger partial charge in [-0.05, 0) is 50.2 Å². The van der Waals surface area contributed by atoms with Crippen LogP contribution in [0.1, 0.15) is 25.0 Å². The molecule has 164 valence electrons. The van der Waals surface area contributed by atoms with E-state index in [1.165, 1.54) is 12.1 Å². The van der Waals surface area contributed by atoms with Gasteiger partial charge >= 0.3 is 12.4 Å². The quantitative estimate of drug-likeness (QED) is 0.388. The first-order chi connectivity index (χ1) is 13.3. The lowest BCUT2D eigenvalue weighted by Gasteiger charge is -2.11. The minimum absolute atomic E-state index is 0.0217. The van der Waals surface area contributed by atoms with Crippen molar-refractivity contribution < 1.29 is 40.6 Å². The van der Waals surface area contributed by atoms with E-state index < -0.39 is 29.3 Å². The third-order valence-electron chi connectivity index (χ3n) is 2.79. The molecule has 0 fully saturated rings. The Bertz CT molecular complexity index is 763. The molecule has 0 atom stereocenters. The number of aliphatic hydroxyl groups excluding tert-OH is 1. The van der Waals surface area contributed by atoms with Crippen molar-refractivity contribution in [2.45, 2.75) is 26.2 Å². The normalized spacial score (nSPS) is 11.0. The molecule has 0 bridgehead atoms. The van der Waals surface area contributed by atoms with Gasteiger partial charge in [0.25, 0.3) is 0 Å². The highest BCUT2D eigenvalue weighted by Crippen LogP contribution is 2.37. The van der Waals surface area contributed by atoms with E-state index in [1.54, 1.807) is 13.8 Å². The average molecular weight is 558 g/mol. The predicted octanol–water partition coefficient (Wildman–Crippen LogP) is 7.47. The molecule has 11 heteroatoms. The average Bonchev–Trinajstić information content (AvgIpc) is 2.58. The molecular weight excluding hydrogens is 541 g/mol. The standard InChI is InChI=1S/C9H8BrF3O.C7H3BrF4.C2H6O/c1-2-14-6-3-4-8(10)7(5-6)9(11,12)13;8-6-2-1-4(9)3-5(6)7(10,11)12;1-2-3/h3-5H,2H2,1H3;1-3H;3H,2H2,1H3. The highest BCUT2D eigenvalue weighted by atomic mass is 79.9. The van der Waals surface area contributed by atoms with E-state index in [2.05, 4.69) is 31.9 Å². The Hall–Kier alpha value is -1.33. The number of halogens is 9. The lowest BCUT2D eigenvalue weighted by Crippen LogP contribution is -2.06. The van der Waals surface area contributed by atoms with Gasteiger partial charge in [-0.25, -0.2) is 4.39 Å². The monoisotopic (exact) mass is 556 g/mol. The molecule has 0 radical (unpaired) electrons. The Kier molecular flexibility index (Phi) is 11.8. The fourth-order valence-electron chi connectivity index (χ4n) is 1.69. The number of hydrogen-bond acceptors (Lipinski definition) is 2. The van der Waals surface area contributed by atoms with Gasteiger partial charge < -0.3 is 9.84 Å². The molecule has 0 saturated carbocycles.